The third-order valence-corrected chi connectivity index (χ3v) is 7.15. The lowest BCUT2D eigenvalue weighted by Gasteiger charge is -2.22. The van der Waals surface area contributed by atoms with Gasteiger partial charge in [-0.1, -0.05) is 78.4 Å². The fourth-order valence-corrected chi connectivity index (χ4v) is 5.80. The molecule has 3 aromatic carbocycles. The van der Waals surface area contributed by atoms with Crippen LogP contribution in [0.5, 0.6) is 0 Å². The Kier molecular flexibility index (Phi) is 4.00. The lowest BCUT2D eigenvalue weighted by atomic mass is 10.2. The molecule has 1 nitrogen and oxygen atoms in total. The van der Waals surface area contributed by atoms with Crippen molar-refractivity contribution in [1.29, 1.82) is 0 Å². The van der Waals surface area contributed by atoms with Crippen LogP contribution >= 0.6 is 7.14 Å². The van der Waals surface area contributed by atoms with E-state index in [0.29, 0.717) is 0 Å². The molecule has 0 amide bonds. The largest absolute Gasteiger partial charge is 0.309 e. The summed E-state index contributed by atoms with van der Waals surface area (Å²) in [5.74, 6) is 0. The van der Waals surface area contributed by atoms with Crippen molar-refractivity contribution in [1.82, 2.24) is 0 Å². The van der Waals surface area contributed by atoms with E-state index in [-0.39, 0.29) is 0 Å². The van der Waals surface area contributed by atoms with E-state index in [0.717, 1.165) is 27.0 Å². The molecular weight excluding hydrogens is 287 g/mol. The summed E-state index contributed by atoms with van der Waals surface area (Å²) < 4.78 is 14.2. The highest BCUT2D eigenvalue weighted by molar-refractivity contribution is 7.85. The molecule has 0 radical (unpaired) electrons. The van der Waals surface area contributed by atoms with Gasteiger partial charge in [0.1, 0.15) is 0 Å². The second kappa shape index (κ2) is 5.94. The number of rotatable bonds is 3. The Morgan fingerprint density at radius 3 is 2.00 bits per heavy atom. The Morgan fingerprint density at radius 1 is 0.682 bits per heavy atom. The van der Waals surface area contributed by atoms with Gasteiger partial charge >= 0.3 is 0 Å². The maximum Gasteiger partial charge on any atom is 0.171 e. The first-order chi connectivity index (χ1) is 10.6. The smallest absolute Gasteiger partial charge is 0.171 e. The van der Waals surface area contributed by atoms with Gasteiger partial charge in [-0.3, -0.25) is 0 Å². The van der Waals surface area contributed by atoms with Crippen LogP contribution in [0.15, 0.2) is 78.9 Å². The molecular formula is C20H19OP. The summed E-state index contributed by atoms with van der Waals surface area (Å²) in [5, 5.41) is 2.70. The molecule has 3 rings (SSSR count). The minimum absolute atomic E-state index is 0.884. The molecule has 110 valence electrons. The van der Waals surface area contributed by atoms with E-state index in [1.165, 1.54) is 0 Å². The van der Waals surface area contributed by atoms with E-state index < -0.39 is 7.14 Å². The first-order valence-corrected chi connectivity index (χ1v) is 9.12. The van der Waals surface area contributed by atoms with Crippen molar-refractivity contribution in [2.24, 2.45) is 0 Å². The lowest BCUT2D eigenvalue weighted by Crippen LogP contribution is -2.26. The molecule has 0 unspecified atom stereocenters. The molecule has 3 aromatic rings. The van der Waals surface area contributed by atoms with Gasteiger partial charge in [0.25, 0.3) is 0 Å². The summed E-state index contributed by atoms with van der Waals surface area (Å²) in [6.07, 6.45) is 0. The molecule has 0 aliphatic carbocycles. The van der Waals surface area contributed by atoms with E-state index in [9.17, 15) is 4.57 Å². The van der Waals surface area contributed by atoms with Gasteiger partial charge in [-0.15, -0.1) is 0 Å². The van der Waals surface area contributed by atoms with E-state index in [2.05, 4.69) is 0 Å². The molecule has 0 saturated carbocycles. The Labute approximate surface area is 132 Å². The highest BCUT2D eigenvalue weighted by atomic mass is 31.2. The van der Waals surface area contributed by atoms with Crippen LogP contribution in [0.2, 0.25) is 0 Å². The van der Waals surface area contributed by atoms with Gasteiger partial charge in [-0.25, -0.2) is 0 Å². The zero-order valence-electron chi connectivity index (χ0n) is 12.9. The molecule has 0 bridgehead atoms. The summed E-state index contributed by atoms with van der Waals surface area (Å²) in [5.41, 5.74) is 2.19. The van der Waals surface area contributed by atoms with Crippen LogP contribution in [0.3, 0.4) is 0 Å². The minimum atomic E-state index is -2.84. The molecule has 0 N–H and O–H groups in total. The Bertz CT molecular complexity index is 837. The van der Waals surface area contributed by atoms with Crippen LogP contribution in [-0.2, 0) is 4.57 Å². The summed E-state index contributed by atoms with van der Waals surface area (Å²) >= 11 is 0. The van der Waals surface area contributed by atoms with Crippen molar-refractivity contribution < 1.29 is 4.57 Å². The molecule has 0 aromatic heterocycles. The Balaban J connectivity index is 2.33. The zero-order chi connectivity index (χ0) is 15.6. The van der Waals surface area contributed by atoms with Gasteiger partial charge in [0.15, 0.2) is 7.14 Å². The van der Waals surface area contributed by atoms with E-state index in [1.807, 2.05) is 92.7 Å². The molecule has 0 spiro atoms. The van der Waals surface area contributed by atoms with Crippen molar-refractivity contribution in [2.45, 2.75) is 13.8 Å². The summed E-state index contributed by atoms with van der Waals surface area (Å²) in [7, 11) is -2.84. The fraction of sp³-hybridized carbons (Fsp3) is 0.100. The number of hydrogen-bond acceptors (Lipinski definition) is 1. The standard InChI is InChI=1S/C20H19OP/c1-16-9-8-13-19(15-16)22(21,18-11-4-3-5-12-18)20-14-7-6-10-17(20)2/h3-15H,1-2H3/t22-/m0/s1. The van der Waals surface area contributed by atoms with Crippen molar-refractivity contribution in [2.75, 3.05) is 0 Å². The molecule has 0 aliphatic heterocycles. The Hall–Kier alpha value is -2.11. The summed E-state index contributed by atoms with van der Waals surface area (Å²) in [6, 6.07) is 25.8. The van der Waals surface area contributed by atoms with E-state index in [4.69, 9.17) is 0 Å². The van der Waals surface area contributed by atoms with Crippen LogP contribution in [0.1, 0.15) is 11.1 Å². The zero-order valence-corrected chi connectivity index (χ0v) is 13.8. The second-order valence-electron chi connectivity index (χ2n) is 5.57. The number of benzene rings is 3. The summed E-state index contributed by atoms with van der Waals surface area (Å²) in [4.78, 5) is 0. The van der Waals surface area contributed by atoms with Gasteiger partial charge in [0.05, 0.1) is 0 Å². The van der Waals surface area contributed by atoms with Gasteiger partial charge in [-0.05, 0) is 25.5 Å². The predicted molar refractivity (Wildman–Crippen MR) is 95.3 cm³/mol. The third kappa shape index (κ3) is 2.53. The minimum Gasteiger partial charge on any atom is -0.309 e. The monoisotopic (exact) mass is 306 g/mol. The van der Waals surface area contributed by atoms with Crippen molar-refractivity contribution in [3.63, 3.8) is 0 Å². The molecule has 0 saturated heterocycles. The van der Waals surface area contributed by atoms with Crippen molar-refractivity contribution in [3.05, 3.63) is 90.0 Å². The molecule has 0 heterocycles. The maximum absolute atomic E-state index is 14.2. The first kappa shape index (κ1) is 14.8. The number of aryl methyl sites for hydroxylation is 2. The van der Waals surface area contributed by atoms with Crippen LogP contribution < -0.4 is 15.9 Å². The lowest BCUT2D eigenvalue weighted by molar-refractivity contribution is 0.592. The quantitative estimate of drug-likeness (QED) is 0.670. The first-order valence-electron chi connectivity index (χ1n) is 7.41. The van der Waals surface area contributed by atoms with Gasteiger partial charge in [-0.2, -0.15) is 0 Å². The molecule has 22 heavy (non-hydrogen) atoms. The van der Waals surface area contributed by atoms with Crippen molar-refractivity contribution in [3.8, 4) is 0 Å². The molecule has 0 aliphatic rings. The summed E-state index contributed by atoms with van der Waals surface area (Å²) in [6.45, 7) is 4.07. The highest BCUT2D eigenvalue weighted by Gasteiger charge is 2.30. The predicted octanol–water partition coefficient (Wildman–Crippen LogP) is 3.94. The average molecular weight is 306 g/mol. The third-order valence-electron chi connectivity index (χ3n) is 3.94. The second-order valence-corrected chi connectivity index (χ2v) is 8.30. The molecule has 0 fully saturated rings. The molecule has 1 atom stereocenters. The van der Waals surface area contributed by atoms with E-state index >= 15 is 0 Å². The van der Waals surface area contributed by atoms with Crippen LogP contribution in [0.25, 0.3) is 0 Å². The van der Waals surface area contributed by atoms with Crippen LogP contribution in [0.4, 0.5) is 0 Å². The topological polar surface area (TPSA) is 17.1 Å². The fourth-order valence-electron chi connectivity index (χ4n) is 2.81. The maximum atomic E-state index is 14.2. The normalized spacial score (nSPS) is 13.5. The highest BCUT2D eigenvalue weighted by Crippen LogP contribution is 2.43. The van der Waals surface area contributed by atoms with E-state index in [1.54, 1.807) is 0 Å². The van der Waals surface area contributed by atoms with Crippen LogP contribution in [-0.4, -0.2) is 0 Å². The van der Waals surface area contributed by atoms with Gasteiger partial charge < -0.3 is 4.57 Å². The average Bonchev–Trinajstić information content (AvgIpc) is 2.55. The molecule has 2 heteroatoms. The van der Waals surface area contributed by atoms with Crippen molar-refractivity contribution >= 4 is 23.1 Å². The van der Waals surface area contributed by atoms with Crippen LogP contribution in [0, 0.1) is 13.8 Å². The SMILES string of the molecule is Cc1cccc([P@@](=O)(c2ccccc2)c2ccccc2C)c1. The number of hydrogen-bond donors (Lipinski definition) is 0. The van der Waals surface area contributed by atoms with Gasteiger partial charge in [0, 0.05) is 15.9 Å². The Morgan fingerprint density at radius 2 is 1.32 bits per heavy atom. The van der Waals surface area contributed by atoms with Gasteiger partial charge in [0.2, 0.25) is 0 Å².